The molecule has 0 saturated heterocycles. The molecule has 1 aliphatic rings. The topological polar surface area (TPSA) is 46.9 Å². The van der Waals surface area contributed by atoms with Crippen molar-refractivity contribution in [2.45, 2.75) is 38.6 Å². The molecule has 1 N–H and O–H groups in total. The Morgan fingerprint density at radius 3 is 2.81 bits per heavy atom. The van der Waals surface area contributed by atoms with Crippen LogP contribution in [0.1, 0.15) is 59.7 Å². The van der Waals surface area contributed by atoms with Gasteiger partial charge in [0, 0.05) is 17.8 Å². The van der Waals surface area contributed by atoms with Gasteiger partial charge in [0.1, 0.15) is 5.69 Å². The van der Waals surface area contributed by atoms with Gasteiger partial charge in [0.05, 0.1) is 11.7 Å². The standard InChI is InChI=1S/C16H21N3OS/c1-10(2)15(14-5-4-8-21-14)17-16(20)13-9-12(11-6-7-11)18-19(13)3/h4-5,8-11,15H,6-7H2,1-3H3,(H,17,20)/t15-/m1/s1. The molecule has 0 aliphatic heterocycles. The highest BCUT2D eigenvalue weighted by Crippen LogP contribution is 2.39. The van der Waals surface area contributed by atoms with E-state index in [-0.39, 0.29) is 11.9 Å². The number of nitrogens with zero attached hydrogens (tertiary/aromatic N) is 2. The minimum Gasteiger partial charge on any atom is -0.343 e. The highest BCUT2D eigenvalue weighted by atomic mass is 32.1. The molecule has 21 heavy (non-hydrogen) atoms. The second-order valence-corrected chi connectivity index (χ2v) is 7.04. The van der Waals surface area contributed by atoms with E-state index >= 15 is 0 Å². The van der Waals surface area contributed by atoms with Crippen LogP contribution in [0.3, 0.4) is 0 Å². The van der Waals surface area contributed by atoms with Gasteiger partial charge in [-0.1, -0.05) is 19.9 Å². The first kappa shape index (κ1) is 14.3. The second kappa shape index (κ2) is 5.64. The van der Waals surface area contributed by atoms with E-state index in [0.29, 0.717) is 17.5 Å². The van der Waals surface area contributed by atoms with E-state index in [1.54, 1.807) is 16.0 Å². The van der Waals surface area contributed by atoms with E-state index in [1.807, 2.05) is 24.6 Å². The lowest BCUT2D eigenvalue weighted by Crippen LogP contribution is -2.32. The Morgan fingerprint density at radius 2 is 2.24 bits per heavy atom. The molecule has 2 aromatic rings. The highest BCUT2D eigenvalue weighted by molar-refractivity contribution is 7.10. The Labute approximate surface area is 129 Å². The number of rotatable bonds is 5. The maximum absolute atomic E-state index is 12.6. The molecule has 1 atom stereocenters. The van der Waals surface area contributed by atoms with Crippen LogP contribution in [-0.2, 0) is 7.05 Å². The molecule has 3 rings (SSSR count). The molecule has 4 nitrogen and oxygen atoms in total. The van der Waals surface area contributed by atoms with Crippen LogP contribution in [0.2, 0.25) is 0 Å². The lowest BCUT2D eigenvalue weighted by molar-refractivity contribution is 0.0917. The number of hydrogen-bond acceptors (Lipinski definition) is 3. The molecule has 0 unspecified atom stereocenters. The zero-order valence-electron chi connectivity index (χ0n) is 12.7. The predicted octanol–water partition coefficient (Wildman–Crippen LogP) is 3.49. The van der Waals surface area contributed by atoms with Gasteiger partial charge >= 0.3 is 0 Å². The van der Waals surface area contributed by atoms with Gasteiger partial charge in [-0.15, -0.1) is 11.3 Å². The predicted molar refractivity (Wildman–Crippen MR) is 84.5 cm³/mol. The van der Waals surface area contributed by atoms with Crippen molar-refractivity contribution >= 4 is 17.2 Å². The molecule has 5 heteroatoms. The largest absolute Gasteiger partial charge is 0.343 e. The quantitative estimate of drug-likeness (QED) is 0.919. The van der Waals surface area contributed by atoms with E-state index in [1.165, 1.54) is 17.7 Å². The molecule has 1 saturated carbocycles. The van der Waals surface area contributed by atoms with E-state index < -0.39 is 0 Å². The Hall–Kier alpha value is -1.62. The van der Waals surface area contributed by atoms with Crippen molar-refractivity contribution in [3.63, 3.8) is 0 Å². The fraction of sp³-hybridized carbons (Fsp3) is 0.500. The molecule has 0 spiro atoms. The molecule has 2 aromatic heterocycles. The summed E-state index contributed by atoms with van der Waals surface area (Å²) in [6.07, 6.45) is 2.39. The molecule has 0 bridgehead atoms. The molecule has 1 fully saturated rings. The first-order chi connectivity index (χ1) is 10.1. The molecule has 112 valence electrons. The van der Waals surface area contributed by atoms with Gasteiger partial charge in [-0.25, -0.2) is 0 Å². The monoisotopic (exact) mass is 303 g/mol. The number of aromatic nitrogens is 2. The summed E-state index contributed by atoms with van der Waals surface area (Å²) in [5.41, 5.74) is 1.71. The van der Waals surface area contributed by atoms with Crippen molar-refractivity contribution in [3.8, 4) is 0 Å². The zero-order valence-corrected chi connectivity index (χ0v) is 13.5. The van der Waals surface area contributed by atoms with Gasteiger partial charge in [0.15, 0.2) is 0 Å². The third-order valence-electron chi connectivity index (χ3n) is 3.93. The fourth-order valence-electron chi connectivity index (χ4n) is 2.53. The first-order valence-corrected chi connectivity index (χ1v) is 8.32. The normalized spacial score (nSPS) is 16.2. The molecule has 0 aromatic carbocycles. The van der Waals surface area contributed by atoms with Gasteiger partial charge in [0.25, 0.3) is 5.91 Å². The van der Waals surface area contributed by atoms with Crippen LogP contribution >= 0.6 is 11.3 Å². The maximum Gasteiger partial charge on any atom is 0.270 e. The average molecular weight is 303 g/mol. The maximum atomic E-state index is 12.6. The minimum atomic E-state index is -0.0380. The van der Waals surface area contributed by atoms with Gasteiger partial charge in [0.2, 0.25) is 0 Å². The lowest BCUT2D eigenvalue weighted by Gasteiger charge is -2.21. The Morgan fingerprint density at radius 1 is 1.48 bits per heavy atom. The summed E-state index contributed by atoms with van der Waals surface area (Å²) in [5.74, 6) is 0.878. The zero-order chi connectivity index (χ0) is 15.0. The van der Waals surface area contributed by atoms with Crippen LogP contribution in [-0.4, -0.2) is 15.7 Å². The van der Waals surface area contributed by atoms with Crippen molar-refractivity contribution in [3.05, 3.63) is 39.8 Å². The SMILES string of the molecule is CC(C)[C@@H](NC(=O)c1cc(C2CC2)nn1C)c1cccs1. The number of hydrogen-bond donors (Lipinski definition) is 1. The smallest absolute Gasteiger partial charge is 0.270 e. The van der Waals surface area contributed by atoms with Crippen LogP contribution in [0.4, 0.5) is 0 Å². The molecule has 1 aliphatic carbocycles. The first-order valence-electron chi connectivity index (χ1n) is 7.44. The fourth-order valence-corrected chi connectivity index (χ4v) is 3.48. The Balaban J connectivity index is 1.78. The summed E-state index contributed by atoms with van der Waals surface area (Å²) in [5, 5.41) is 9.67. The number of amides is 1. The van der Waals surface area contributed by atoms with Crippen molar-refractivity contribution in [2.75, 3.05) is 0 Å². The van der Waals surface area contributed by atoms with E-state index in [2.05, 4.69) is 30.3 Å². The molecule has 0 radical (unpaired) electrons. The Bertz CT molecular complexity index is 626. The third-order valence-corrected chi connectivity index (χ3v) is 4.89. The second-order valence-electron chi connectivity index (χ2n) is 6.06. The number of carbonyl (C=O) groups is 1. The molecule has 2 heterocycles. The lowest BCUT2D eigenvalue weighted by atomic mass is 10.0. The van der Waals surface area contributed by atoms with Crippen molar-refractivity contribution < 1.29 is 4.79 Å². The molecule has 1 amide bonds. The third kappa shape index (κ3) is 3.02. The average Bonchev–Trinajstić information content (AvgIpc) is 3.00. The van der Waals surface area contributed by atoms with E-state index in [0.717, 1.165) is 5.69 Å². The summed E-state index contributed by atoms with van der Waals surface area (Å²) >= 11 is 1.68. The van der Waals surface area contributed by atoms with Gasteiger partial charge in [-0.2, -0.15) is 5.10 Å². The summed E-state index contributed by atoms with van der Waals surface area (Å²) in [7, 11) is 1.84. The number of nitrogens with one attached hydrogen (secondary N) is 1. The van der Waals surface area contributed by atoms with Crippen LogP contribution in [0.5, 0.6) is 0 Å². The van der Waals surface area contributed by atoms with Crippen molar-refractivity contribution in [1.29, 1.82) is 0 Å². The van der Waals surface area contributed by atoms with Gasteiger partial charge < -0.3 is 5.32 Å². The highest BCUT2D eigenvalue weighted by Gasteiger charge is 2.29. The summed E-state index contributed by atoms with van der Waals surface area (Å²) in [6.45, 7) is 4.26. The van der Waals surface area contributed by atoms with E-state index in [9.17, 15) is 4.79 Å². The van der Waals surface area contributed by atoms with Crippen molar-refractivity contribution in [2.24, 2.45) is 13.0 Å². The Kier molecular flexibility index (Phi) is 3.85. The summed E-state index contributed by atoms with van der Waals surface area (Å²) in [6, 6.07) is 6.10. The minimum absolute atomic E-state index is 0.0380. The van der Waals surface area contributed by atoms with Crippen LogP contribution in [0, 0.1) is 5.92 Å². The van der Waals surface area contributed by atoms with E-state index in [4.69, 9.17) is 0 Å². The van der Waals surface area contributed by atoms with Gasteiger partial charge in [-0.3, -0.25) is 9.48 Å². The summed E-state index contributed by atoms with van der Waals surface area (Å²) in [4.78, 5) is 13.8. The van der Waals surface area contributed by atoms with Crippen LogP contribution < -0.4 is 5.32 Å². The van der Waals surface area contributed by atoms with Crippen molar-refractivity contribution in [1.82, 2.24) is 15.1 Å². The number of aryl methyl sites for hydroxylation is 1. The van der Waals surface area contributed by atoms with Crippen LogP contribution in [0.15, 0.2) is 23.6 Å². The molecular weight excluding hydrogens is 282 g/mol. The van der Waals surface area contributed by atoms with Gasteiger partial charge in [-0.05, 0) is 36.3 Å². The van der Waals surface area contributed by atoms with Crippen LogP contribution in [0.25, 0.3) is 0 Å². The molecular formula is C16H21N3OS. The summed E-state index contributed by atoms with van der Waals surface area (Å²) < 4.78 is 1.70. The number of thiophene rings is 1. The number of carbonyl (C=O) groups excluding carboxylic acids is 1.